The van der Waals surface area contributed by atoms with Crippen LogP contribution in [0.5, 0.6) is 0 Å². The molecule has 0 saturated carbocycles. The number of carboxylic acids is 6. The number of hydrogen-bond acceptors (Lipinski definition) is 10. The molecule has 10 N–H and O–H groups in total. The summed E-state index contributed by atoms with van der Waals surface area (Å²) in [4.78, 5) is 61.0. The van der Waals surface area contributed by atoms with E-state index in [1.165, 1.54) is 0 Å². The number of aliphatic hydroxyl groups excluding tert-OH is 2. The lowest BCUT2D eigenvalue weighted by molar-refractivity contribution is -0.170. The molecular formula is C18H30O16. The maximum absolute atomic E-state index is 10.3. The fraction of sp³-hybridized carbons (Fsp3) is 0.667. The van der Waals surface area contributed by atoms with Gasteiger partial charge < -0.3 is 51.1 Å². The van der Waals surface area contributed by atoms with Crippen LogP contribution in [0.1, 0.15) is 51.9 Å². The fourth-order valence-electron chi connectivity index (χ4n) is 2.05. The van der Waals surface area contributed by atoms with Gasteiger partial charge in [0.15, 0.2) is 11.2 Å². The largest absolute Gasteiger partial charge is 0.481 e. The van der Waals surface area contributed by atoms with Crippen LogP contribution in [0, 0.1) is 0 Å². The Balaban J connectivity index is -0.000000438. The summed E-state index contributed by atoms with van der Waals surface area (Å²) < 4.78 is 0. The molecule has 34 heavy (non-hydrogen) atoms. The van der Waals surface area contributed by atoms with E-state index < -0.39 is 72.7 Å². The van der Waals surface area contributed by atoms with Crippen molar-refractivity contribution in [2.75, 3.05) is 6.61 Å². The van der Waals surface area contributed by atoms with Crippen molar-refractivity contribution in [2.24, 2.45) is 0 Å². The maximum atomic E-state index is 10.3. The van der Waals surface area contributed by atoms with Crippen molar-refractivity contribution in [1.82, 2.24) is 0 Å². The van der Waals surface area contributed by atoms with E-state index in [1.807, 2.05) is 6.92 Å². The Morgan fingerprint density at radius 2 is 0.882 bits per heavy atom. The summed E-state index contributed by atoms with van der Waals surface area (Å²) >= 11 is 0. The minimum Gasteiger partial charge on any atom is -0.481 e. The van der Waals surface area contributed by atoms with Crippen LogP contribution in [0.15, 0.2) is 0 Å². The summed E-state index contributed by atoms with van der Waals surface area (Å²) in [5.74, 6) is -10.0. The highest BCUT2D eigenvalue weighted by Gasteiger charge is 2.41. The van der Waals surface area contributed by atoms with Crippen LogP contribution in [0.2, 0.25) is 0 Å². The number of aliphatic hydroxyl groups is 4. The van der Waals surface area contributed by atoms with E-state index in [9.17, 15) is 28.8 Å². The van der Waals surface area contributed by atoms with Crippen LogP contribution >= 0.6 is 0 Å². The molecule has 0 saturated heterocycles. The van der Waals surface area contributed by atoms with Crippen molar-refractivity contribution in [3.8, 4) is 0 Å². The monoisotopic (exact) mass is 502 g/mol. The van der Waals surface area contributed by atoms with Crippen molar-refractivity contribution < 1.29 is 79.8 Å². The van der Waals surface area contributed by atoms with E-state index in [-0.39, 0.29) is 12.7 Å². The van der Waals surface area contributed by atoms with Gasteiger partial charge in [0.1, 0.15) is 0 Å². The van der Waals surface area contributed by atoms with Crippen molar-refractivity contribution in [2.45, 2.75) is 69.2 Å². The molecule has 198 valence electrons. The first-order valence-electron chi connectivity index (χ1n) is 9.44. The molecule has 0 aromatic carbocycles. The number of hydrogen-bond donors (Lipinski definition) is 10. The van der Waals surface area contributed by atoms with Gasteiger partial charge in [0.2, 0.25) is 0 Å². The highest BCUT2D eigenvalue weighted by Crippen LogP contribution is 2.16. The standard InChI is InChI=1S/2C6H8O7.C6H14O2/c2*7-3(8)1-6(13,5(11)12)2-4(9)10;1-2-3-6(8)4-5-7/h2*13H,1-2H2,(H,7,8)(H,9,10)(H,11,12);6-8H,2-5H2,1H3. The Hall–Kier alpha value is -3.34. The number of aliphatic carboxylic acids is 6. The molecule has 0 amide bonds. The lowest BCUT2D eigenvalue weighted by atomic mass is 9.96. The van der Waals surface area contributed by atoms with E-state index in [1.54, 1.807) is 0 Å². The lowest BCUT2D eigenvalue weighted by Gasteiger charge is -2.18. The molecule has 0 aromatic heterocycles. The summed E-state index contributed by atoms with van der Waals surface area (Å²) in [6.07, 6.45) is -2.55. The van der Waals surface area contributed by atoms with Gasteiger partial charge in [-0.05, 0) is 12.8 Å². The third kappa shape index (κ3) is 18.3. The van der Waals surface area contributed by atoms with Gasteiger partial charge in [-0.1, -0.05) is 13.3 Å². The number of carboxylic acid groups (broad SMARTS) is 6. The molecule has 1 unspecified atom stereocenters. The SMILES string of the molecule is CCCC(O)CCO.O=C(O)CC(O)(CC(=O)O)C(=O)O.O=C(O)CC(O)(CC(=O)O)C(=O)O. The Labute approximate surface area is 192 Å². The topological polar surface area (TPSA) is 305 Å². The van der Waals surface area contributed by atoms with Crippen LogP contribution in [0.3, 0.4) is 0 Å². The molecule has 0 heterocycles. The summed E-state index contributed by atoms with van der Waals surface area (Å²) in [6.45, 7) is 2.11. The molecule has 0 bridgehead atoms. The molecule has 0 aliphatic carbocycles. The van der Waals surface area contributed by atoms with Gasteiger partial charge in [-0.15, -0.1) is 0 Å². The second kappa shape index (κ2) is 17.2. The average molecular weight is 502 g/mol. The lowest BCUT2D eigenvalue weighted by Crippen LogP contribution is -2.42. The molecule has 16 heteroatoms. The Kier molecular flexibility index (Phi) is 17.8. The van der Waals surface area contributed by atoms with Crippen molar-refractivity contribution in [1.29, 1.82) is 0 Å². The highest BCUT2D eigenvalue weighted by molar-refractivity contribution is 5.88. The predicted octanol–water partition coefficient (Wildman–Crippen LogP) is -1.97. The maximum Gasteiger partial charge on any atom is 0.336 e. The molecule has 1 atom stereocenters. The Morgan fingerprint density at radius 1 is 0.618 bits per heavy atom. The molecule has 0 aliphatic heterocycles. The van der Waals surface area contributed by atoms with Gasteiger partial charge in [-0.25, -0.2) is 9.59 Å². The third-order valence-electron chi connectivity index (χ3n) is 3.66. The van der Waals surface area contributed by atoms with E-state index in [2.05, 4.69) is 0 Å². The zero-order valence-electron chi connectivity index (χ0n) is 18.2. The van der Waals surface area contributed by atoms with E-state index in [4.69, 9.17) is 51.1 Å². The first-order valence-corrected chi connectivity index (χ1v) is 9.44. The van der Waals surface area contributed by atoms with Crippen molar-refractivity contribution >= 4 is 35.8 Å². The molecule has 0 aliphatic rings. The Morgan fingerprint density at radius 3 is 1.03 bits per heavy atom. The van der Waals surface area contributed by atoms with Gasteiger partial charge in [-0.3, -0.25) is 19.2 Å². The quantitative estimate of drug-likeness (QED) is 0.123. The predicted molar refractivity (Wildman–Crippen MR) is 107 cm³/mol. The number of carbonyl (C=O) groups is 6. The van der Waals surface area contributed by atoms with Crippen LogP contribution < -0.4 is 0 Å². The molecular weight excluding hydrogens is 472 g/mol. The molecule has 16 nitrogen and oxygen atoms in total. The van der Waals surface area contributed by atoms with Crippen LogP contribution in [-0.2, 0) is 28.8 Å². The third-order valence-corrected chi connectivity index (χ3v) is 3.66. The van der Waals surface area contributed by atoms with Crippen LogP contribution in [-0.4, -0.2) is 111 Å². The summed E-state index contributed by atoms with van der Waals surface area (Å²) in [7, 11) is 0. The van der Waals surface area contributed by atoms with Gasteiger partial charge in [0.25, 0.3) is 0 Å². The fourth-order valence-corrected chi connectivity index (χ4v) is 2.05. The first-order chi connectivity index (χ1) is 15.4. The smallest absolute Gasteiger partial charge is 0.336 e. The minimum atomic E-state index is -2.74. The molecule has 0 aromatic rings. The zero-order valence-corrected chi connectivity index (χ0v) is 18.2. The molecule has 0 rings (SSSR count). The summed E-state index contributed by atoms with van der Waals surface area (Å²) in [5.41, 5.74) is -5.48. The second-order valence-corrected chi connectivity index (χ2v) is 6.91. The van der Waals surface area contributed by atoms with Gasteiger partial charge in [0.05, 0.1) is 31.8 Å². The van der Waals surface area contributed by atoms with E-state index in [0.717, 1.165) is 12.8 Å². The normalized spacial score (nSPS) is 11.6. The zero-order chi connectivity index (χ0) is 27.7. The first kappa shape index (κ1) is 35.3. The highest BCUT2D eigenvalue weighted by atomic mass is 16.4. The van der Waals surface area contributed by atoms with Crippen molar-refractivity contribution in [3.63, 3.8) is 0 Å². The molecule has 0 radical (unpaired) electrons. The van der Waals surface area contributed by atoms with E-state index >= 15 is 0 Å². The summed E-state index contributed by atoms with van der Waals surface area (Å²) in [5, 5.41) is 84.8. The van der Waals surface area contributed by atoms with Crippen LogP contribution in [0.25, 0.3) is 0 Å². The van der Waals surface area contributed by atoms with Gasteiger partial charge >= 0.3 is 35.8 Å². The van der Waals surface area contributed by atoms with E-state index in [0.29, 0.717) is 6.42 Å². The molecule has 0 fully saturated rings. The summed E-state index contributed by atoms with van der Waals surface area (Å²) in [6, 6.07) is 0. The Bertz CT molecular complexity index is 610. The minimum absolute atomic E-state index is 0.0984. The number of rotatable bonds is 14. The second-order valence-electron chi connectivity index (χ2n) is 6.91. The van der Waals surface area contributed by atoms with Gasteiger partial charge in [0, 0.05) is 6.61 Å². The van der Waals surface area contributed by atoms with Crippen molar-refractivity contribution in [3.05, 3.63) is 0 Å². The van der Waals surface area contributed by atoms with Crippen LogP contribution in [0.4, 0.5) is 0 Å². The average Bonchev–Trinajstić information content (AvgIpc) is 2.60. The van der Waals surface area contributed by atoms with Gasteiger partial charge in [-0.2, -0.15) is 0 Å². The molecule has 0 spiro atoms.